The molecule has 0 bridgehead atoms. The van der Waals surface area contributed by atoms with Crippen LogP contribution in [0.5, 0.6) is 0 Å². The van der Waals surface area contributed by atoms with Gasteiger partial charge in [0.05, 0.1) is 17.0 Å². The van der Waals surface area contributed by atoms with Gasteiger partial charge in [0.1, 0.15) is 5.69 Å². The molecule has 0 amide bonds. The fraction of sp³-hybridized carbons (Fsp3) is 0.182. The van der Waals surface area contributed by atoms with Gasteiger partial charge in [0, 0.05) is 17.1 Å². The van der Waals surface area contributed by atoms with Gasteiger partial charge in [0.2, 0.25) is 0 Å². The van der Waals surface area contributed by atoms with Gasteiger partial charge in [0.25, 0.3) is 5.69 Å². The van der Waals surface area contributed by atoms with Crippen LogP contribution >= 0.6 is 22.9 Å². The van der Waals surface area contributed by atoms with Crippen LogP contribution in [0.4, 0.5) is 24.5 Å². The summed E-state index contributed by atoms with van der Waals surface area (Å²) < 4.78 is 38.2. The number of nitrogens with zero attached hydrogens (tertiary/aromatic N) is 2. The monoisotopic (exact) mass is 337 g/mol. The van der Waals surface area contributed by atoms with E-state index in [0.717, 1.165) is 17.4 Å². The largest absolute Gasteiger partial charge is 0.416 e. The summed E-state index contributed by atoms with van der Waals surface area (Å²) in [6.07, 6.45) is -3.13. The average molecular weight is 338 g/mol. The molecule has 0 saturated heterocycles. The summed E-state index contributed by atoms with van der Waals surface area (Å²) in [5.41, 5.74) is -1.60. The second-order valence-corrected chi connectivity index (χ2v) is 5.62. The van der Waals surface area contributed by atoms with Crippen LogP contribution < -0.4 is 5.32 Å². The first-order chi connectivity index (χ1) is 9.77. The maximum absolute atomic E-state index is 12.6. The Morgan fingerprint density at radius 1 is 1.43 bits per heavy atom. The molecule has 1 aromatic carbocycles. The minimum Gasteiger partial charge on any atom is -0.375 e. The van der Waals surface area contributed by atoms with Crippen molar-refractivity contribution in [2.45, 2.75) is 12.7 Å². The van der Waals surface area contributed by atoms with Crippen molar-refractivity contribution in [3.63, 3.8) is 0 Å². The van der Waals surface area contributed by atoms with Crippen LogP contribution in [-0.4, -0.2) is 9.91 Å². The van der Waals surface area contributed by atoms with E-state index in [0.29, 0.717) is 17.0 Å². The number of hydrogen-bond donors (Lipinski definition) is 1. The van der Waals surface area contributed by atoms with Gasteiger partial charge in [-0.1, -0.05) is 11.6 Å². The van der Waals surface area contributed by atoms with Crippen molar-refractivity contribution >= 4 is 34.3 Å². The summed E-state index contributed by atoms with van der Waals surface area (Å²) in [6.45, 7) is 0.0898. The van der Waals surface area contributed by atoms with Crippen molar-refractivity contribution in [3.05, 3.63) is 49.4 Å². The molecule has 21 heavy (non-hydrogen) atoms. The molecule has 0 aliphatic rings. The van der Waals surface area contributed by atoms with E-state index in [1.54, 1.807) is 0 Å². The summed E-state index contributed by atoms with van der Waals surface area (Å²) in [5, 5.41) is 13.5. The molecule has 0 atom stereocenters. The summed E-state index contributed by atoms with van der Waals surface area (Å²) >= 11 is 6.76. The van der Waals surface area contributed by atoms with E-state index >= 15 is 0 Å². The Kier molecular flexibility index (Phi) is 4.33. The molecule has 1 N–H and O–H groups in total. The second kappa shape index (κ2) is 5.86. The molecule has 112 valence electrons. The van der Waals surface area contributed by atoms with Gasteiger partial charge < -0.3 is 5.32 Å². The number of nitrogens with one attached hydrogen (secondary N) is 1. The zero-order valence-corrected chi connectivity index (χ0v) is 11.7. The van der Waals surface area contributed by atoms with Gasteiger partial charge in [-0.2, -0.15) is 13.2 Å². The molecule has 5 nitrogen and oxygen atoms in total. The number of alkyl halides is 3. The third-order valence-electron chi connectivity index (χ3n) is 2.50. The smallest absolute Gasteiger partial charge is 0.375 e. The van der Waals surface area contributed by atoms with Gasteiger partial charge in [-0.15, -0.1) is 11.3 Å². The highest BCUT2D eigenvalue weighted by Gasteiger charge is 2.32. The predicted octanol–water partition coefficient (Wildman–Crippen LogP) is 4.34. The van der Waals surface area contributed by atoms with Crippen molar-refractivity contribution in [1.29, 1.82) is 0 Å². The molecular formula is C11H7ClF3N3O2S. The first-order valence-electron chi connectivity index (χ1n) is 5.47. The zero-order chi connectivity index (χ0) is 15.6. The molecule has 0 radical (unpaired) electrons. The number of nitro groups is 1. The van der Waals surface area contributed by atoms with Gasteiger partial charge >= 0.3 is 6.18 Å². The molecule has 1 heterocycles. The quantitative estimate of drug-likeness (QED) is 0.665. The maximum atomic E-state index is 12.6. The molecule has 0 unspecified atom stereocenters. The molecule has 0 fully saturated rings. The normalized spacial score (nSPS) is 11.4. The number of halogens is 4. The highest BCUT2D eigenvalue weighted by molar-refractivity contribution is 7.15. The van der Waals surface area contributed by atoms with Crippen molar-refractivity contribution in [3.8, 4) is 0 Å². The Morgan fingerprint density at radius 3 is 2.67 bits per heavy atom. The minimum atomic E-state index is -4.57. The summed E-state index contributed by atoms with van der Waals surface area (Å²) in [7, 11) is 0. The summed E-state index contributed by atoms with van der Waals surface area (Å²) in [4.78, 5) is 14.5. The molecule has 1 aromatic heterocycles. The Labute approximate surface area is 125 Å². The molecular weight excluding hydrogens is 331 g/mol. The van der Waals surface area contributed by atoms with E-state index in [-0.39, 0.29) is 16.7 Å². The van der Waals surface area contributed by atoms with E-state index in [1.165, 1.54) is 6.20 Å². The standard InChI is InChI=1S/C11H7ClF3N3O2S/c12-10-17-5-7(21-10)4-16-8-3-6(11(13,14)15)1-2-9(8)18(19)20/h1-3,5,16H,4H2. The summed E-state index contributed by atoms with van der Waals surface area (Å²) in [5.74, 6) is 0. The predicted molar refractivity (Wildman–Crippen MR) is 72.5 cm³/mol. The van der Waals surface area contributed by atoms with E-state index < -0.39 is 22.4 Å². The van der Waals surface area contributed by atoms with Crippen LogP contribution in [0.25, 0.3) is 0 Å². The fourth-order valence-corrected chi connectivity index (χ4v) is 2.48. The molecule has 0 saturated carbocycles. The van der Waals surface area contributed by atoms with Crippen LogP contribution in [0.2, 0.25) is 4.47 Å². The minimum absolute atomic E-state index is 0.0898. The Bertz CT molecular complexity index is 675. The number of nitro benzene ring substituents is 1. The van der Waals surface area contributed by atoms with Crippen molar-refractivity contribution < 1.29 is 18.1 Å². The molecule has 0 aliphatic carbocycles. The Hall–Kier alpha value is -1.87. The van der Waals surface area contributed by atoms with Crippen LogP contribution in [-0.2, 0) is 12.7 Å². The SMILES string of the molecule is O=[N+]([O-])c1ccc(C(F)(F)F)cc1NCc1cnc(Cl)s1. The maximum Gasteiger partial charge on any atom is 0.416 e. The second-order valence-electron chi connectivity index (χ2n) is 3.92. The third kappa shape index (κ3) is 3.82. The zero-order valence-electron chi connectivity index (χ0n) is 10.1. The molecule has 0 aliphatic heterocycles. The topological polar surface area (TPSA) is 68.1 Å². The fourth-order valence-electron chi connectivity index (χ4n) is 1.56. The van der Waals surface area contributed by atoms with Crippen LogP contribution in [0.1, 0.15) is 10.4 Å². The summed E-state index contributed by atoms with van der Waals surface area (Å²) in [6, 6.07) is 2.21. The van der Waals surface area contributed by atoms with E-state index in [4.69, 9.17) is 11.6 Å². The van der Waals surface area contributed by atoms with Crippen molar-refractivity contribution in [2.75, 3.05) is 5.32 Å². The van der Waals surface area contributed by atoms with E-state index in [2.05, 4.69) is 10.3 Å². The molecule has 2 aromatic rings. The lowest BCUT2D eigenvalue weighted by Gasteiger charge is -2.10. The van der Waals surface area contributed by atoms with Crippen LogP contribution in [0, 0.1) is 10.1 Å². The Morgan fingerprint density at radius 2 is 2.14 bits per heavy atom. The first-order valence-corrected chi connectivity index (χ1v) is 6.66. The van der Waals surface area contributed by atoms with Crippen molar-refractivity contribution in [2.24, 2.45) is 0 Å². The van der Waals surface area contributed by atoms with Gasteiger partial charge in [0.15, 0.2) is 4.47 Å². The highest BCUT2D eigenvalue weighted by atomic mass is 35.5. The number of rotatable bonds is 4. The lowest BCUT2D eigenvalue weighted by molar-refractivity contribution is -0.384. The number of anilines is 1. The number of aromatic nitrogens is 1. The number of hydrogen-bond acceptors (Lipinski definition) is 5. The lowest BCUT2D eigenvalue weighted by atomic mass is 10.1. The van der Waals surface area contributed by atoms with Crippen molar-refractivity contribution in [1.82, 2.24) is 4.98 Å². The van der Waals surface area contributed by atoms with E-state index in [9.17, 15) is 23.3 Å². The Balaban J connectivity index is 2.28. The van der Waals surface area contributed by atoms with Gasteiger partial charge in [-0.25, -0.2) is 4.98 Å². The van der Waals surface area contributed by atoms with Gasteiger partial charge in [-0.05, 0) is 12.1 Å². The molecule has 0 spiro atoms. The number of thiazole rings is 1. The lowest BCUT2D eigenvalue weighted by Crippen LogP contribution is -2.08. The van der Waals surface area contributed by atoms with E-state index in [1.807, 2.05) is 0 Å². The van der Waals surface area contributed by atoms with Gasteiger partial charge in [-0.3, -0.25) is 10.1 Å². The average Bonchev–Trinajstić information content (AvgIpc) is 2.80. The highest BCUT2D eigenvalue weighted by Crippen LogP contribution is 2.35. The first kappa shape index (κ1) is 15.5. The molecule has 10 heteroatoms. The third-order valence-corrected chi connectivity index (χ3v) is 3.61. The van der Waals surface area contributed by atoms with Crippen LogP contribution in [0.3, 0.4) is 0 Å². The van der Waals surface area contributed by atoms with Crippen LogP contribution in [0.15, 0.2) is 24.4 Å². The number of benzene rings is 1. The molecule has 2 rings (SSSR count).